The van der Waals surface area contributed by atoms with Gasteiger partial charge in [-0.05, 0) is 37.9 Å². The van der Waals surface area contributed by atoms with E-state index < -0.39 is 10.0 Å². The van der Waals surface area contributed by atoms with Crippen molar-refractivity contribution in [2.75, 3.05) is 13.6 Å². The van der Waals surface area contributed by atoms with Crippen LogP contribution in [-0.2, 0) is 16.6 Å². The Bertz CT molecular complexity index is 493. The van der Waals surface area contributed by atoms with Crippen LogP contribution in [-0.4, -0.2) is 32.4 Å². The highest BCUT2D eigenvalue weighted by Crippen LogP contribution is 2.26. The van der Waals surface area contributed by atoms with Crippen molar-refractivity contribution < 1.29 is 8.42 Å². The molecule has 0 saturated heterocycles. The minimum Gasteiger partial charge on any atom is -0.312 e. The monoisotopic (exact) mass is 318 g/mol. The zero-order valence-electron chi connectivity index (χ0n) is 12.8. The van der Waals surface area contributed by atoms with E-state index in [4.69, 9.17) is 0 Å². The summed E-state index contributed by atoms with van der Waals surface area (Å²) in [5.41, 5.74) is 0. The van der Waals surface area contributed by atoms with E-state index in [9.17, 15) is 8.42 Å². The molecular weight excluding hydrogens is 292 g/mol. The molecule has 1 rings (SSSR count). The van der Waals surface area contributed by atoms with Crippen molar-refractivity contribution >= 4 is 21.4 Å². The molecule has 0 aliphatic heterocycles. The summed E-state index contributed by atoms with van der Waals surface area (Å²) in [6.45, 7) is 7.85. The van der Waals surface area contributed by atoms with Crippen molar-refractivity contribution in [3.63, 3.8) is 0 Å². The molecule has 0 radical (unpaired) electrons. The number of thiophene rings is 1. The van der Waals surface area contributed by atoms with E-state index >= 15 is 0 Å². The van der Waals surface area contributed by atoms with Crippen LogP contribution in [0.25, 0.3) is 0 Å². The van der Waals surface area contributed by atoms with Crippen LogP contribution in [0.2, 0.25) is 0 Å². The van der Waals surface area contributed by atoms with Crippen molar-refractivity contribution in [3.05, 3.63) is 17.0 Å². The molecular formula is C14H26N2O2S2. The third kappa shape index (κ3) is 4.28. The van der Waals surface area contributed by atoms with E-state index in [1.165, 1.54) is 15.6 Å². The minimum absolute atomic E-state index is 0.0729. The van der Waals surface area contributed by atoms with Gasteiger partial charge in [0, 0.05) is 24.5 Å². The summed E-state index contributed by atoms with van der Waals surface area (Å²) < 4.78 is 27.1. The molecule has 1 aromatic rings. The largest absolute Gasteiger partial charge is 0.312 e. The van der Waals surface area contributed by atoms with E-state index in [1.54, 1.807) is 13.1 Å². The molecule has 0 atom stereocenters. The number of sulfonamides is 1. The van der Waals surface area contributed by atoms with Gasteiger partial charge in [-0.1, -0.05) is 20.8 Å². The molecule has 1 aromatic heterocycles. The summed E-state index contributed by atoms with van der Waals surface area (Å²) in [5.74, 6) is 0. The highest BCUT2D eigenvalue weighted by molar-refractivity contribution is 7.91. The quantitative estimate of drug-likeness (QED) is 0.712. The van der Waals surface area contributed by atoms with Gasteiger partial charge in [0.25, 0.3) is 10.0 Å². The van der Waals surface area contributed by atoms with Crippen LogP contribution < -0.4 is 5.32 Å². The summed E-state index contributed by atoms with van der Waals surface area (Å²) in [4.78, 5) is 1.06. The molecule has 0 saturated carbocycles. The van der Waals surface area contributed by atoms with E-state index in [0.717, 1.165) is 37.2 Å². The summed E-state index contributed by atoms with van der Waals surface area (Å²) in [6.07, 6.45) is 2.75. The predicted molar refractivity (Wildman–Crippen MR) is 85.6 cm³/mol. The number of hydrogen-bond donors (Lipinski definition) is 1. The molecule has 1 heterocycles. The Kier molecular flexibility index (Phi) is 7.15. The van der Waals surface area contributed by atoms with Crippen LogP contribution in [0.3, 0.4) is 0 Å². The molecule has 0 spiro atoms. The number of hydrogen-bond acceptors (Lipinski definition) is 4. The Balaban J connectivity index is 2.82. The van der Waals surface area contributed by atoms with Crippen LogP contribution in [0.4, 0.5) is 0 Å². The number of nitrogens with one attached hydrogen (secondary N) is 1. The van der Waals surface area contributed by atoms with Crippen LogP contribution in [0.1, 0.15) is 44.9 Å². The van der Waals surface area contributed by atoms with E-state index in [2.05, 4.69) is 12.2 Å². The fourth-order valence-electron chi connectivity index (χ4n) is 2.12. The van der Waals surface area contributed by atoms with Crippen molar-refractivity contribution in [1.29, 1.82) is 0 Å². The van der Waals surface area contributed by atoms with Crippen LogP contribution in [0.5, 0.6) is 0 Å². The summed E-state index contributed by atoms with van der Waals surface area (Å²) in [7, 11) is -1.67. The smallest absolute Gasteiger partial charge is 0.252 e. The first-order chi connectivity index (χ1) is 9.47. The van der Waals surface area contributed by atoms with Gasteiger partial charge < -0.3 is 5.32 Å². The van der Waals surface area contributed by atoms with Gasteiger partial charge in [-0.15, -0.1) is 11.3 Å². The zero-order valence-corrected chi connectivity index (χ0v) is 14.5. The topological polar surface area (TPSA) is 49.4 Å². The number of rotatable bonds is 9. The molecule has 0 aliphatic carbocycles. The van der Waals surface area contributed by atoms with Gasteiger partial charge in [0.15, 0.2) is 0 Å². The van der Waals surface area contributed by atoms with Crippen molar-refractivity contribution in [1.82, 2.24) is 9.62 Å². The SMILES string of the molecule is CCCNCc1ccc(S(=O)(=O)N(C)C(CC)CC)s1. The van der Waals surface area contributed by atoms with Crippen molar-refractivity contribution in [3.8, 4) is 0 Å². The second kappa shape index (κ2) is 8.12. The summed E-state index contributed by atoms with van der Waals surface area (Å²) >= 11 is 1.36. The van der Waals surface area contributed by atoms with Gasteiger partial charge in [-0.25, -0.2) is 8.42 Å². The lowest BCUT2D eigenvalue weighted by molar-refractivity contribution is 0.350. The lowest BCUT2D eigenvalue weighted by Crippen LogP contribution is -2.35. The fraction of sp³-hybridized carbons (Fsp3) is 0.714. The molecule has 0 fully saturated rings. The average molecular weight is 319 g/mol. The van der Waals surface area contributed by atoms with Gasteiger partial charge in [0.1, 0.15) is 4.21 Å². The maximum absolute atomic E-state index is 12.6. The first kappa shape index (κ1) is 17.6. The van der Waals surface area contributed by atoms with E-state index in [0.29, 0.717) is 4.21 Å². The standard InChI is InChI=1S/C14H26N2O2S2/c1-5-10-15-11-13-8-9-14(19-13)20(17,18)16(4)12(6-2)7-3/h8-9,12,15H,5-7,10-11H2,1-4H3. The fourth-order valence-corrected chi connectivity index (χ4v) is 5.14. The Labute approximate surface area is 127 Å². The molecule has 6 heteroatoms. The van der Waals surface area contributed by atoms with Gasteiger partial charge in [-0.2, -0.15) is 4.31 Å². The van der Waals surface area contributed by atoms with Gasteiger partial charge in [0.05, 0.1) is 0 Å². The molecule has 1 N–H and O–H groups in total. The molecule has 0 bridgehead atoms. The maximum atomic E-state index is 12.6. The minimum atomic E-state index is -3.35. The molecule has 0 aromatic carbocycles. The third-order valence-corrected chi connectivity index (χ3v) is 6.92. The third-order valence-electron chi connectivity index (χ3n) is 3.45. The van der Waals surface area contributed by atoms with Crippen molar-refractivity contribution in [2.24, 2.45) is 0 Å². The molecule has 116 valence electrons. The molecule has 20 heavy (non-hydrogen) atoms. The van der Waals surface area contributed by atoms with Gasteiger partial charge in [-0.3, -0.25) is 0 Å². The van der Waals surface area contributed by atoms with Crippen LogP contribution >= 0.6 is 11.3 Å². The Morgan fingerprint density at radius 3 is 2.45 bits per heavy atom. The molecule has 4 nitrogen and oxygen atoms in total. The highest BCUT2D eigenvalue weighted by atomic mass is 32.2. The lowest BCUT2D eigenvalue weighted by Gasteiger charge is -2.24. The van der Waals surface area contributed by atoms with Crippen molar-refractivity contribution in [2.45, 2.75) is 56.8 Å². The predicted octanol–water partition coefficient (Wildman–Crippen LogP) is 3.06. The normalized spacial score (nSPS) is 12.5. The maximum Gasteiger partial charge on any atom is 0.252 e. The molecule has 0 aliphatic rings. The lowest BCUT2D eigenvalue weighted by atomic mass is 10.2. The van der Waals surface area contributed by atoms with Crippen LogP contribution in [0, 0.1) is 0 Å². The number of nitrogens with zero attached hydrogens (tertiary/aromatic N) is 1. The Hall–Kier alpha value is -0.430. The van der Waals surface area contributed by atoms with Gasteiger partial charge >= 0.3 is 0 Å². The average Bonchev–Trinajstić information content (AvgIpc) is 2.90. The second-order valence-electron chi connectivity index (χ2n) is 4.89. The van der Waals surface area contributed by atoms with Crippen LogP contribution in [0.15, 0.2) is 16.3 Å². The molecule has 0 unspecified atom stereocenters. The molecule has 0 amide bonds. The Morgan fingerprint density at radius 1 is 1.25 bits per heavy atom. The second-order valence-corrected chi connectivity index (χ2v) is 8.28. The Morgan fingerprint density at radius 2 is 1.90 bits per heavy atom. The van der Waals surface area contributed by atoms with E-state index in [1.807, 2.05) is 19.9 Å². The zero-order chi connectivity index (χ0) is 15.2. The first-order valence-electron chi connectivity index (χ1n) is 7.24. The summed E-state index contributed by atoms with van der Waals surface area (Å²) in [6, 6.07) is 3.70. The summed E-state index contributed by atoms with van der Waals surface area (Å²) in [5, 5.41) is 3.29. The highest BCUT2D eigenvalue weighted by Gasteiger charge is 2.27. The van der Waals surface area contributed by atoms with Gasteiger partial charge in [0.2, 0.25) is 0 Å². The van der Waals surface area contributed by atoms with E-state index in [-0.39, 0.29) is 6.04 Å². The first-order valence-corrected chi connectivity index (χ1v) is 9.50.